The van der Waals surface area contributed by atoms with E-state index in [4.69, 9.17) is 0 Å². The predicted octanol–water partition coefficient (Wildman–Crippen LogP) is 3.34. The lowest BCUT2D eigenvalue weighted by Crippen LogP contribution is -2.13. The predicted molar refractivity (Wildman–Crippen MR) is 81.7 cm³/mol. The number of carbonyl (C=O) groups is 2. The van der Waals surface area contributed by atoms with Crippen LogP contribution in [0.25, 0.3) is 0 Å². The molecule has 2 rings (SSSR count). The average molecular weight is 316 g/mol. The van der Waals surface area contributed by atoms with Crippen molar-refractivity contribution < 1.29 is 18.9 Å². The Bertz CT molecular complexity index is 747. The number of amides is 1. The van der Waals surface area contributed by atoms with Crippen LogP contribution in [0.3, 0.4) is 0 Å². The van der Waals surface area contributed by atoms with Crippen LogP contribution < -0.4 is 5.32 Å². The van der Waals surface area contributed by atoms with Crippen molar-refractivity contribution in [2.75, 3.05) is 5.32 Å². The van der Waals surface area contributed by atoms with E-state index >= 15 is 0 Å². The maximum Gasteiger partial charge on any atom is 0.306 e. The van der Waals surface area contributed by atoms with E-state index in [0.717, 1.165) is 12.1 Å². The largest absolute Gasteiger partial charge is 0.326 e. The Hall–Kier alpha value is -3.09. The fourth-order valence-corrected chi connectivity index (χ4v) is 1.95. The minimum Gasteiger partial charge on any atom is -0.326 e. The van der Waals surface area contributed by atoms with Gasteiger partial charge in [0.15, 0.2) is 5.78 Å². The van der Waals surface area contributed by atoms with Crippen molar-refractivity contribution in [1.82, 2.24) is 0 Å². The highest BCUT2D eigenvalue weighted by Crippen LogP contribution is 2.21. The molecule has 1 amide bonds. The van der Waals surface area contributed by atoms with E-state index < -0.39 is 22.3 Å². The van der Waals surface area contributed by atoms with Gasteiger partial charge in [-0.15, -0.1) is 0 Å². The summed E-state index contributed by atoms with van der Waals surface area (Å²) in [4.78, 5) is 33.4. The van der Waals surface area contributed by atoms with Crippen LogP contribution in [0.15, 0.2) is 48.5 Å². The highest BCUT2D eigenvalue weighted by molar-refractivity contribution is 6.00. The zero-order valence-electron chi connectivity index (χ0n) is 12.0. The number of ketones is 1. The summed E-state index contributed by atoms with van der Waals surface area (Å²) in [6.07, 6.45) is -0.0575. The van der Waals surface area contributed by atoms with Gasteiger partial charge in [-0.25, -0.2) is 0 Å². The van der Waals surface area contributed by atoms with Crippen LogP contribution in [0.5, 0.6) is 0 Å². The molecule has 6 nitrogen and oxygen atoms in total. The number of Topliss-reactive ketones (excluding diaryl/α,β-unsaturated/α-hetero) is 1. The summed E-state index contributed by atoms with van der Waals surface area (Å²) in [6, 6.07) is 11.6. The second kappa shape index (κ2) is 7.26. The van der Waals surface area contributed by atoms with Gasteiger partial charge in [0.1, 0.15) is 0 Å². The summed E-state index contributed by atoms with van der Waals surface area (Å²) < 4.78 is 13.2. The van der Waals surface area contributed by atoms with E-state index in [2.05, 4.69) is 5.32 Å². The second-order valence-electron chi connectivity index (χ2n) is 4.76. The molecule has 0 aliphatic carbocycles. The number of nitro benzene ring substituents is 1. The molecule has 0 heterocycles. The van der Waals surface area contributed by atoms with Crippen molar-refractivity contribution in [2.45, 2.75) is 12.8 Å². The van der Waals surface area contributed by atoms with Gasteiger partial charge >= 0.3 is 5.69 Å². The second-order valence-corrected chi connectivity index (χ2v) is 4.76. The van der Waals surface area contributed by atoms with E-state index in [1.807, 2.05) is 0 Å². The zero-order chi connectivity index (χ0) is 16.8. The number of carbonyl (C=O) groups excluding carboxylic acids is 2. The number of hydrogen-bond acceptors (Lipinski definition) is 4. The zero-order valence-corrected chi connectivity index (χ0v) is 12.0. The monoisotopic (exact) mass is 316 g/mol. The van der Waals surface area contributed by atoms with E-state index in [1.54, 1.807) is 30.3 Å². The highest BCUT2D eigenvalue weighted by atomic mass is 19.1. The van der Waals surface area contributed by atoms with Crippen molar-refractivity contribution in [3.8, 4) is 0 Å². The molecule has 0 aromatic heterocycles. The Morgan fingerprint density at radius 1 is 1.09 bits per heavy atom. The molecule has 0 saturated heterocycles. The normalized spacial score (nSPS) is 10.1. The fraction of sp³-hybridized carbons (Fsp3) is 0.125. The third-order valence-corrected chi connectivity index (χ3v) is 3.10. The molecule has 0 unspecified atom stereocenters. The Kier molecular flexibility index (Phi) is 5.14. The quantitative estimate of drug-likeness (QED) is 0.503. The van der Waals surface area contributed by atoms with Gasteiger partial charge in [-0.2, -0.15) is 4.39 Å². The van der Waals surface area contributed by atoms with Gasteiger partial charge in [-0.1, -0.05) is 30.3 Å². The fourth-order valence-electron chi connectivity index (χ4n) is 1.95. The number of halogens is 1. The van der Waals surface area contributed by atoms with E-state index in [0.29, 0.717) is 5.56 Å². The Morgan fingerprint density at radius 2 is 1.78 bits per heavy atom. The van der Waals surface area contributed by atoms with Crippen LogP contribution in [-0.4, -0.2) is 16.6 Å². The number of anilines is 1. The molecule has 0 bridgehead atoms. The molecule has 0 spiro atoms. The molecule has 23 heavy (non-hydrogen) atoms. The van der Waals surface area contributed by atoms with Crippen molar-refractivity contribution in [3.63, 3.8) is 0 Å². The molecule has 7 heteroatoms. The van der Waals surface area contributed by atoms with Gasteiger partial charge < -0.3 is 5.32 Å². The number of benzene rings is 2. The first-order valence-electron chi connectivity index (χ1n) is 6.79. The van der Waals surface area contributed by atoms with Gasteiger partial charge in [-0.05, 0) is 12.1 Å². The Labute approximate surface area is 131 Å². The van der Waals surface area contributed by atoms with Crippen LogP contribution in [0.4, 0.5) is 15.8 Å². The summed E-state index contributed by atoms with van der Waals surface area (Å²) in [5.74, 6) is -1.63. The van der Waals surface area contributed by atoms with Gasteiger partial charge in [0, 0.05) is 30.2 Å². The minimum atomic E-state index is -0.979. The summed E-state index contributed by atoms with van der Waals surface area (Å²) >= 11 is 0. The van der Waals surface area contributed by atoms with Crippen molar-refractivity contribution in [2.24, 2.45) is 0 Å². The van der Waals surface area contributed by atoms with Crippen LogP contribution in [-0.2, 0) is 4.79 Å². The number of hydrogen-bond donors (Lipinski definition) is 1. The molecule has 0 radical (unpaired) electrons. The van der Waals surface area contributed by atoms with E-state index in [9.17, 15) is 24.1 Å². The summed E-state index contributed by atoms with van der Waals surface area (Å²) in [5, 5.41) is 13.0. The molecule has 0 aliphatic rings. The van der Waals surface area contributed by atoms with Gasteiger partial charge in [-0.3, -0.25) is 19.7 Å². The smallest absolute Gasteiger partial charge is 0.306 e. The first-order chi connectivity index (χ1) is 11.0. The number of nitrogens with one attached hydrogen (secondary N) is 1. The Morgan fingerprint density at radius 3 is 2.43 bits per heavy atom. The molecule has 0 atom stereocenters. The van der Waals surface area contributed by atoms with Crippen LogP contribution in [0, 0.1) is 15.9 Å². The lowest BCUT2D eigenvalue weighted by molar-refractivity contribution is -0.387. The lowest BCUT2D eigenvalue weighted by Gasteiger charge is -2.05. The summed E-state index contributed by atoms with van der Waals surface area (Å²) in [7, 11) is 0. The van der Waals surface area contributed by atoms with Crippen LogP contribution in [0.1, 0.15) is 23.2 Å². The number of nitrogens with zero attached hydrogens (tertiary/aromatic N) is 1. The molecule has 2 aromatic carbocycles. The SMILES string of the molecule is O=C(CCC(=O)c1ccccc1)Nc1ccc(F)c([N+](=O)[O-])c1. The first kappa shape index (κ1) is 16.3. The van der Waals surface area contributed by atoms with Crippen LogP contribution in [0.2, 0.25) is 0 Å². The molecule has 0 aliphatic heterocycles. The maximum absolute atomic E-state index is 13.2. The van der Waals surface area contributed by atoms with Gasteiger partial charge in [0.2, 0.25) is 11.7 Å². The van der Waals surface area contributed by atoms with Crippen LogP contribution >= 0.6 is 0 Å². The van der Waals surface area contributed by atoms with Crippen molar-refractivity contribution in [3.05, 3.63) is 70.0 Å². The maximum atomic E-state index is 13.2. The van der Waals surface area contributed by atoms with Crippen molar-refractivity contribution in [1.29, 1.82) is 0 Å². The third-order valence-electron chi connectivity index (χ3n) is 3.10. The van der Waals surface area contributed by atoms with Gasteiger partial charge in [0.25, 0.3) is 0 Å². The topological polar surface area (TPSA) is 89.3 Å². The third kappa shape index (κ3) is 4.44. The molecule has 1 N–H and O–H groups in total. The van der Waals surface area contributed by atoms with Gasteiger partial charge in [0.05, 0.1) is 4.92 Å². The first-order valence-corrected chi connectivity index (χ1v) is 6.79. The standard InChI is InChI=1S/C16H13FN2O4/c17-13-7-6-12(10-14(13)19(22)23)18-16(21)9-8-15(20)11-4-2-1-3-5-11/h1-7,10H,8-9H2,(H,18,21). The molecule has 118 valence electrons. The highest BCUT2D eigenvalue weighted by Gasteiger charge is 2.15. The van der Waals surface area contributed by atoms with E-state index in [1.165, 1.54) is 6.07 Å². The molecular weight excluding hydrogens is 303 g/mol. The van der Waals surface area contributed by atoms with Crippen molar-refractivity contribution >= 4 is 23.1 Å². The molecular formula is C16H13FN2O4. The number of nitro groups is 1. The van der Waals surface area contributed by atoms with E-state index in [-0.39, 0.29) is 24.3 Å². The number of rotatable bonds is 6. The summed E-state index contributed by atoms with van der Waals surface area (Å²) in [5.41, 5.74) is -0.101. The molecule has 0 saturated carbocycles. The lowest BCUT2D eigenvalue weighted by atomic mass is 10.1. The molecule has 2 aromatic rings. The average Bonchev–Trinajstić information content (AvgIpc) is 2.55. The summed E-state index contributed by atoms with van der Waals surface area (Å²) in [6.45, 7) is 0. The Balaban J connectivity index is 1.94. The molecule has 0 fully saturated rings. The minimum absolute atomic E-state index is 0.0130.